The zero-order chi connectivity index (χ0) is 27.9. The standard InChI is InChI=1S/C27H28N2O8S/c1-17-10-11-23(35-2)24(12-17)38(33,34)29-22(13-18-8-6-5-7-9-18)25(30)28-21-15-19(26(31)36-3)14-20(16-21)27(32)37-4/h5-12,14-16,22,29H,13H2,1-4H3,(H,28,30)/t22-/m0/s1. The Balaban J connectivity index is 1.99. The number of amides is 1. The van der Waals surface area contributed by atoms with Gasteiger partial charge in [-0.05, 0) is 54.8 Å². The normalized spacial score (nSPS) is 11.8. The first kappa shape index (κ1) is 28.4. The van der Waals surface area contributed by atoms with Crippen LogP contribution in [0.1, 0.15) is 31.8 Å². The smallest absolute Gasteiger partial charge is 0.337 e. The lowest BCUT2D eigenvalue weighted by molar-refractivity contribution is -0.117. The van der Waals surface area contributed by atoms with E-state index in [2.05, 4.69) is 10.0 Å². The molecule has 0 aliphatic carbocycles. The summed E-state index contributed by atoms with van der Waals surface area (Å²) in [5, 5.41) is 2.60. The molecule has 0 unspecified atom stereocenters. The number of carbonyl (C=O) groups excluding carboxylic acids is 3. The molecule has 2 N–H and O–H groups in total. The fourth-order valence-corrected chi connectivity index (χ4v) is 5.13. The fraction of sp³-hybridized carbons (Fsp3) is 0.222. The molecular formula is C27H28N2O8S. The Bertz CT molecular complexity index is 1400. The Morgan fingerprint density at radius 3 is 2.00 bits per heavy atom. The molecule has 3 aromatic rings. The molecule has 38 heavy (non-hydrogen) atoms. The highest BCUT2D eigenvalue weighted by Gasteiger charge is 2.29. The molecule has 0 saturated heterocycles. The molecule has 0 aliphatic heterocycles. The van der Waals surface area contributed by atoms with Crippen molar-refractivity contribution in [2.75, 3.05) is 26.6 Å². The summed E-state index contributed by atoms with van der Waals surface area (Å²) in [7, 11) is -0.513. The molecule has 0 aliphatic rings. The van der Waals surface area contributed by atoms with Gasteiger partial charge in [0, 0.05) is 5.69 Å². The Labute approximate surface area is 221 Å². The number of aryl methyl sites for hydroxylation is 1. The molecule has 0 heterocycles. The van der Waals surface area contributed by atoms with E-state index in [0.717, 1.165) is 0 Å². The van der Waals surface area contributed by atoms with Crippen LogP contribution in [0.25, 0.3) is 0 Å². The number of anilines is 1. The van der Waals surface area contributed by atoms with Crippen LogP contribution in [0.3, 0.4) is 0 Å². The largest absolute Gasteiger partial charge is 0.495 e. The second-order valence-corrected chi connectivity index (χ2v) is 9.97. The minimum Gasteiger partial charge on any atom is -0.495 e. The molecule has 0 saturated carbocycles. The lowest BCUT2D eigenvalue weighted by atomic mass is 10.1. The number of methoxy groups -OCH3 is 3. The summed E-state index contributed by atoms with van der Waals surface area (Å²) in [6.07, 6.45) is 0.0145. The quantitative estimate of drug-likeness (QED) is 0.374. The van der Waals surface area contributed by atoms with Gasteiger partial charge in [0.2, 0.25) is 15.9 Å². The first-order chi connectivity index (χ1) is 18.1. The topological polar surface area (TPSA) is 137 Å². The Morgan fingerprint density at radius 2 is 1.45 bits per heavy atom. The van der Waals surface area contributed by atoms with E-state index in [1.807, 2.05) is 0 Å². The van der Waals surface area contributed by atoms with Gasteiger partial charge in [-0.1, -0.05) is 36.4 Å². The number of benzene rings is 3. The maximum atomic E-state index is 13.4. The van der Waals surface area contributed by atoms with Gasteiger partial charge in [-0.25, -0.2) is 18.0 Å². The average molecular weight is 541 g/mol. The number of hydrogen-bond donors (Lipinski definition) is 2. The molecule has 3 aromatic carbocycles. The van der Waals surface area contributed by atoms with Gasteiger partial charge in [0.15, 0.2) is 0 Å². The summed E-state index contributed by atoms with van der Waals surface area (Å²) in [6.45, 7) is 1.74. The second kappa shape index (κ2) is 12.3. The summed E-state index contributed by atoms with van der Waals surface area (Å²) in [6, 6.07) is 16.2. The van der Waals surface area contributed by atoms with Gasteiger partial charge in [-0.3, -0.25) is 4.79 Å². The van der Waals surface area contributed by atoms with Gasteiger partial charge >= 0.3 is 11.9 Å². The zero-order valence-corrected chi connectivity index (χ0v) is 22.1. The predicted molar refractivity (Wildman–Crippen MR) is 140 cm³/mol. The van der Waals surface area contributed by atoms with Gasteiger partial charge in [-0.15, -0.1) is 0 Å². The number of esters is 2. The maximum Gasteiger partial charge on any atom is 0.337 e. The summed E-state index contributed by atoms with van der Waals surface area (Å²) >= 11 is 0. The van der Waals surface area contributed by atoms with E-state index in [1.54, 1.807) is 43.3 Å². The van der Waals surface area contributed by atoms with Gasteiger partial charge in [-0.2, -0.15) is 4.72 Å². The van der Waals surface area contributed by atoms with E-state index in [0.29, 0.717) is 11.1 Å². The van der Waals surface area contributed by atoms with Crippen molar-refractivity contribution >= 4 is 33.6 Å². The van der Waals surface area contributed by atoms with Crippen LogP contribution in [0.15, 0.2) is 71.6 Å². The van der Waals surface area contributed by atoms with Gasteiger partial charge < -0.3 is 19.5 Å². The van der Waals surface area contributed by atoms with Gasteiger partial charge in [0.1, 0.15) is 16.7 Å². The first-order valence-corrected chi connectivity index (χ1v) is 12.9. The molecule has 1 atom stereocenters. The first-order valence-electron chi connectivity index (χ1n) is 11.4. The summed E-state index contributed by atoms with van der Waals surface area (Å²) in [5.74, 6) is -2.07. The monoisotopic (exact) mass is 540 g/mol. The predicted octanol–water partition coefficient (Wildman–Crippen LogP) is 3.11. The van der Waals surface area contributed by atoms with Crippen molar-refractivity contribution in [3.8, 4) is 5.75 Å². The van der Waals surface area contributed by atoms with Crippen LogP contribution < -0.4 is 14.8 Å². The Hall–Kier alpha value is -4.22. The van der Waals surface area contributed by atoms with E-state index < -0.39 is 33.9 Å². The third kappa shape index (κ3) is 6.96. The number of nitrogens with one attached hydrogen (secondary N) is 2. The molecule has 0 fully saturated rings. The van der Waals surface area contributed by atoms with E-state index in [1.165, 1.54) is 51.7 Å². The van der Waals surface area contributed by atoms with Crippen LogP contribution in [-0.2, 0) is 30.7 Å². The summed E-state index contributed by atoms with van der Waals surface area (Å²) in [4.78, 5) is 37.6. The zero-order valence-electron chi connectivity index (χ0n) is 21.3. The van der Waals surface area contributed by atoms with Crippen molar-refractivity contribution in [2.24, 2.45) is 0 Å². The molecule has 0 radical (unpaired) electrons. The number of rotatable bonds is 10. The highest BCUT2D eigenvalue weighted by molar-refractivity contribution is 7.89. The lowest BCUT2D eigenvalue weighted by Gasteiger charge is -2.20. The Morgan fingerprint density at radius 1 is 0.842 bits per heavy atom. The molecule has 0 aromatic heterocycles. The highest BCUT2D eigenvalue weighted by atomic mass is 32.2. The average Bonchev–Trinajstić information content (AvgIpc) is 2.91. The van der Waals surface area contributed by atoms with E-state index >= 15 is 0 Å². The number of ether oxygens (including phenoxy) is 3. The van der Waals surface area contributed by atoms with E-state index in [-0.39, 0.29) is 33.9 Å². The molecule has 11 heteroatoms. The van der Waals surface area contributed by atoms with Crippen LogP contribution in [0.5, 0.6) is 5.75 Å². The molecule has 0 bridgehead atoms. The minimum atomic E-state index is -4.22. The SMILES string of the molecule is COC(=O)c1cc(NC(=O)[C@H](Cc2ccccc2)NS(=O)(=O)c2cc(C)ccc2OC)cc(C(=O)OC)c1. The Kier molecular flexibility index (Phi) is 9.21. The minimum absolute atomic E-state index is 0.00427. The van der Waals surface area contributed by atoms with E-state index in [9.17, 15) is 22.8 Å². The number of carbonyl (C=O) groups is 3. The van der Waals surface area contributed by atoms with Gasteiger partial charge in [0.25, 0.3) is 0 Å². The maximum absolute atomic E-state index is 13.4. The third-order valence-corrected chi connectivity index (χ3v) is 7.04. The third-order valence-electron chi connectivity index (χ3n) is 5.55. The molecule has 1 amide bonds. The van der Waals surface area contributed by atoms with Gasteiger partial charge in [0.05, 0.1) is 32.5 Å². The molecule has 10 nitrogen and oxygen atoms in total. The second-order valence-electron chi connectivity index (χ2n) is 8.29. The van der Waals surface area contributed by atoms with Crippen molar-refractivity contribution < 1.29 is 37.0 Å². The van der Waals surface area contributed by atoms with Crippen molar-refractivity contribution in [2.45, 2.75) is 24.3 Å². The molecule has 3 rings (SSSR count). The van der Waals surface area contributed by atoms with Crippen LogP contribution in [0, 0.1) is 6.92 Å². The van der Waals surface area contributed by atoms with Crippen LogP contribution in [0.4, 0.5) is 5.69 Å². The molecule has 200 valence electrons. The number of sulfonamides is 1. The van der Waals surface area contributed by atoms with Crippen molar-refractivity contribution in [1.29, 1.82) is 0 Å². The summed E-state index contributed by atoms with van der Waals surface area (Å²) in [5.41, 5.74) is 1.45. The van der Waals surface area contributed by atoms with Crippen LogP contribution in [0.2, 0.25) is 0 Å². The van der Waals surface area contributed by atoms with Crippen LogP contribution >= 0.6 is 0 Å². The fourth-order valence-electron chi connectivity index (χ4n) is 3.68. The summed E-state index contributed by atoms with van der Waals surface area (Å²) < 4.78 is 43.9. The molecular weight excluding hydrogens is 512 g/mol. The van der Waals surface area contributed by atoms with Crippen molar-refractivity contribution in [3.05, 3.63) is 89.0 Å². The highest BCUT2D eigenvalue weighted by Crippen LogP contribution is 2.25. The van der Waals surface area contributed by atoms with Crippen molar-refractivity contribution in [1.82, 2.24) is 4.72 Å². The lowest BCUT2D eigenvalue weighted by Crippen LogP contribution is -2.45. The van der Waals surface area contributed by atoms with Crippen LogP contribution in [-0.4, -0.2) is 53.6 Å². The van der Waals surface area contributed by atoms with E-state index in [4.69, 9.17) is 14.2 Å². The van der Waals surface area contributed by atoms with Crippen molar-refractivity contribution in [3.63, 3.8) is 0 Å². The molecule has 0 spiro atoms. The number of hydrogen-bond acceptors (Lipinski definition) is 8.